The summed E-state index contributed by atoms with van der Waals surface area (Å²) in [7, 11) is -3.60. The van der Waals surface area contributed by atoms with E-state index in [2.05, 4.69) is 15.2 Å². The molecule has 156 valence electrons. The van der Waals surface area contributed by atoms with Gasteiger partial charge in [0.2, 0.25) is 10.0 Å². The van der Waals surface area contributed by atoms with Crippen molar-refractivity contribution in [2.75, 3.05) is 38.1 Å². The lowest BCUT2D eigenvalue weighted by atomic mass is 10.2. The first-order chi connectivity index (χ1) is 14.0. The van der Waals surface area contributed by atoms with Crippen molar-refractivity contribution in [3.05, 3.63) is 54.4 Å². The fraction of sp³-hybridized carbons (Fsp3) is 0.400. The lowest BCUT2D eigenvalue weighted by Crippen LogP contribution is -2.52. The van der Waals surface area contributed by atoms with Gasteiger partial charge in [0, 0.05) is 44.1 Å². The van der Waals surface area contributed by atoms with Gasteiger partial charge in [0.25, 0.3) is 5.91 Å². The minimum atomic E-state index is -3.60. The molecule has 0 radical (unpaired) electrons. The summed E-state index contributed by atoms with van der Waals surface area (Å²) in [5, 5.41) is 12.1. The Bertz CT molecular complexity index is 907. The summed E-state index contributed by atoms with van der Waals surface area (Å²) in [6.45, 7) is 4.05. The zero-order valence-corrected chi connectivity index (χ0v) is 17.2. The molecule has 1 amide bonds. The van der Waals surface area contributed by atoms with Gasteiger partial charge in [0.05, 0.1) is 11.5 Å². The molecule has 0 saturated carbocycles. The highest BCUT2D eigenvalue weighted by atomic mass is 32.2. The Kier molecular flexibility index (Phi) is 6.96. The molecule has 0 aliphatic carbocycles. The molecule has 0 bridgehead atoms. The number of anilines is 1. The van der Waals surface area contributed by atoms with Crippen molar-refractivity contribution in [1.82, 2.24) is 14.2 Å². The van der Waals surface area contributed by atoms with E-state index in [0.29, 0.717) is 31.9 Å². The molecule has 1 fully saturated rings. The molecule has 0 unspecified atom stereocenters. The fourth-order valence-electron chi connectivity index (χ4n) is 3.36. The summed E-state index contributed by atoms with van der Waals surface area (Å²) in [5.41, 5.74) is 0.786. The van der Waals surface area contributed by atoms with E-state index in [1.807, 2.05) is 6.92 Å². The first kappa shape index (κ1) is 21.4. The van der Waals surface area contributed by atoms with E-state index in [4.69, 9.17) is 0 Å². The average Bonchev–Trinajstić information content (AvgIpc) is 2.76. The van der Waals surface area contributed by atoms with E-state index in [0.717, 1.165) is 6.42 Å². The van der Waals surface area contributed by atoms with Crippen molar-refractivity contribution in [1.29, 1.82) is 0 Å². The molecule has 1 aromatic carbocycles. The van der Waals surface area contributed by atoms with Crippen LogP contribution < -0.4 is 5.32 Å². The average molecular weight is 419 g/mol. The van der Waals surface area contributed by atoms with Crippen LogP contribution in [0.4, 0.5) is 5.69 Å². The van der Waals surface area contributed by atoms with E-state index in [1.165, 1.54) is 22.6 Å². The van der Waals surface area contributed by atoms with Gasteiger partial charge in [-0.3, -0.25) is 14.7 Å². The summed E-state index contributed by atoms with van der Waals surface area (Å²) in [6, 6.07) is 11.3. The third-order valence-electron chi connectivity index (χ3n) is 5.12. The van der Waals surface area contributed by atoms with Gasteiger partial charge in [-0.2, -0.15) is 4.31 Å². The summed E-state index contributed by atoms with van der Waals surface area (Å²) in [5.74, 6) is -0.355. The topological polar surface area (TPSA) is 103 Å². The number of pyridine rings is 1. The van der Waals surface area contributed by atoms with Gasteiger partial charge in [0.15, 0.2) is 0 Å². The number of rotatable bonds is 7. The molecule has 2 heterocycles. The van der Waals surface area contributed by atoms with Crippen molar-refractivity contribution in [3.8, 4) is 0 Å². The van der Waals surface area contributed by atoms with Gasteiger partial charge < -0.3 is 10.4 Å². The number of nitrogens with zero attached hydrogens (tertiary/aromatic N) is 3. The number of aliphatic hydroxyl groups is 1. The van der Waals surface area contributed by atoms with E-state index >= 15 is 0 Å². The van der Waals surface area contributed by atoms with Crippen LogP contribution in [0.25, 0.3) is 0 Å². The van der Waals surface area contributed by atoms with Crippen LogP contribution in [0.3, 0.4) is 0 Å². The van der Waals surface area contributed by atoms with Gasteiger partial charge in [-0.1, -0.05) is 13.0 Å². The van der Waals surface area contributed by atoms with Crippen molar-refractivity contribution in [2.45, 2.75) is 24.3 Å². The molecule has 3 rings (SSSR count). The van der Waals surface area contributed by atoms with Crippen LogP contribution in [0, 0.1) is 0 Å². The second kappa shape index (κ2) is 9.45. The standard InChI is InChI=1S/C20H26N4O4S/c1-2-17(15-25)23-11-13-24(14-12-23)29(27,28)18-8-6-16(7-9-18)22-20(26)19-5-3-4-10-21-19/h3-10,17,25H,2,11-15H2,1H3,(H,22,26)/t17-/m0/s1. The maximum atomic E-state index is 12.9. The second-order valence-electron chi connectivity index (χ2n) is 6.88. The molecule has 1 atom stereocenters. The van der Waals surface area contributed by atoms with E-state index < -0.39 is 10.0 Å². The SMILES string of the molecule is CC[C@@H](CO)N1CCN(S(=O)(=O)c2ccc(NC(=O)c3ccccn3)cc2)CC1. The Labute approximate surface area is 171 Å². The molecular formula is C20H26N4O4S. The van der Waals surface area contributed by atoms with Gasteiger partial charge >= 0.3 is 0 Å². The number of nitrogens with one attached hydrogen (secondary N) is 1. The third-order valence-corrected chi connectivity index (χ3v) is 7.03. The van der Waals surface area contributed by atoms with Crippen LogP contribution in [0.15, 0.2) is 53.6 Å². The van der Waals surface area contributed by atoms with E-state index in [1.54, 1.807) is 30.3 Å². The number of piperazine rings is 1. The van der Waals surface area contributed by atoms with Crippen LogP contribution >= 0.6 is 0 Å². The predicted octanol–water partition coefficient (Wildman–Crippen LogP) is 1.41. The summed E-state index contributed by atoms with van der Waals surface area (Å²) in [4.78, 5) is 18.5. The maximum Gasteiger partial charge on any atom is 0.274 e. The highest BCUT2D eigenvalue weighted by Gasteiger charge is 2.30. The largest absolute Gasteiger partial charge is 0.395 e. The van der Waals surface area contributed by atoms with Gasteiger partial charge in [-0.05, 0) is 42.8 Å². The number of aromatic nitrogens is 1. The van der Waals surface area contributed by atoms with Crippen LogP contribution in [-0.2, 0) is 10.0 Å². The van der Waals surface area contributed by atoms with Crippen LogP contribution in [0.5, 0.6) is 0 Å². The van der Waals surface area contributed by atoms with Crippen molar-refractivity contribution < 1.29 is 18.3 Å². The monoisotopic (exact) mass is 418 g/mol. The minimum absolute atomic E-state index is 0.0712. The summed E-state index contributed by atoms with van der Waals surface area (Å²) >= 11 is 0. The van der Waals surface area contributed by atoms with Crippen LogP contribution in [-0.4, -0.2) is 72.4 Å². The summed E-state index contributed by atoms with van der Waals surface area (Å²) < 4.78 is 27.3. The number of benzene rings is 1. The fourth-order valence-corrected chi connectivity index (χ4v) is 4.79. The van der Waals surface area contributed by atoms with Gasteiger partial charge in [0.1, 0.15) is 5.69 Å². The Morgan fingerprint density at radius 1 is 1.14 bits per heavy atom. The van der Waals surface area contributed by atoms with E-state index in [-0.39, 0.29) is 29.1 Å². The molecule has 1 aromatic heterocycles. The smallest absolute Gasteiger partial charge is 0.274 e. The van der Waals surface area contributed by atoms with Crippen molar-refractivity contribution in [3.63, 3.8) is 0 Å². The second-order valence-corrected chi connectivity index (χ2v) is 8.82. The molecule has 29 heavy (non-hydrogen) atoms. The lowest BCUT2D eigenvalue weighted by molar-refractivity contribution is 0.0881. The summed E-state index contributed by atoms with van der Waals surface area (Å²) in [6.07, 6.45) is 2.36. The van der Waals surface area contributed by atoms with Gasteiger partial charge in [-0.25, -0.2) is 8.42 Å². The van der Waals surface area contributed by atoms with Crippen molar-refractivity contribution >= 4 is 21.6 Å². The molecule has 9 heteroatoms. The number of amides is 1. The Morgan fingerprint density at radius 2 is 1.83 bits per heavy atom. The van der Waals surface area contributed by atoms with E-state index in [9.17, 15) is 18.3 Å². The molecule has 2 aromatic rings. The molecular weight excluding hydrogens is 392 g/mol. The Morgan fingerprint density at radius 3 is 2.38 bits per heavy atom. The maximum absolute atomic E-state index is 12.9. The minimum Gasteiger partial charge on any atom is -0.395 e. The van der Waals surface area contributed by atoms with Crippen LogP contribution in [0.2, 0.25) is 0 Å². The highest BCUT2D eigenvalue weighted by Crippen LogP contribution is 2.21. The molecule has 8 nitrogen and oxygen atoms in total. The third kappa shape index (κ3) is 4.99. The van der Waals surface area contributed by atoms with Gasteiger partial charge in [-0.15, -0.1) is 0 Å². The lowest BCUT2D eigenvalue weighted by Gasteiger charge is -2.37. The quantitative estimate of drug-likeness (QED) is 0.705. The number of aliphatic hydroxyl groups excluding tert-OH is 1. The molecule has 2 N–H and O–H groups in total. The first-order valence-corrected chi connectivity index (χ1v) is 11.1. The zero-order valence-electron chi connectivity index (χ0n) is 16.4. The number of hydrogen-bond acceptors (Lipinski definition) is 6. The highest BCUT2D eigenvalue weighted by molar-refractivity contribution is 7.89. The molecule has 1 saturated heterocycles. The van der Waals surface area contributed by atoms with Crippen LogP contribution in [0.1, 0.15) is 23.8 Å². The molecule has 0 spiro atoms. The Hall–Kier alpha value is -2.33. The molecule has 1 aliphatic heterocycles. The number of sulfonamides is 1. The number of carbonyl (C=O) groups excluding carboxylic acids is 1. The first-order valence-electron chi connectivity index (χ1n) is 9.63. The number of carbonyl (C=O) groups is 1. The Balaban J connectivity index is 1.64. The zero-order chi connectivity index (χ0) is 20.9. The predicted molar refractivity (Wildman–Crippen MR) is 110 cm³/mol. The van der Waals surface area contributed by atoms with Crippen molar-refractivity contribution in [2.24, 2.45) is 0 Å². The normalized spacial score (nSPS) is 17.0. The number of hydrogen-bond donors (Lipinski definition) is 2. The molecule has 1 aliphatic rings.